The molecule has 0 saturated heterocycles. The minimum Gasteiger partial charge on any atom is -0.351 e. The molecular formula is C20H15F3N2O2. The maximum Gasteiger partial charge on any atom is 0.416 e. The summed E-state index contributed by atoms with van der Waals surface area (Å²) in [4.78, 5) is 14.5. The number of rotatable bonds is 2. The van der Waals surface area contributed by atoms with Gasteiger partial charge in [-0.05, 0) is 35.2 Å². The molecule has 0 fully saturated rings. The lowest BCUT2D eigenvalue weighted by Gasteiger charge is -2.37. The van der Waals surface area contributed by atoms with E-state index in [0.29, 0.717) is 18.5 Å². The highest BCUT2D eigenvalue weighted by molar-refractivity contribution is 5.92. The number of carbonyl (C=O) groups excluding carboxylic acids is 1. The molecule has 4 rings (SSSR count). The molecule has 7 heteroatoms. The zero-order valence-electron chi connectivity index (χ0n) is 14.1. The number of hydrogen-bond donors (Lipinski definition) is 0. The summed E-state index contributed by atoms with van der Waals surface area (Å²) in [5, 5.41) is 3.57. The van der Waals surface area contributed by atoms with Crippen molar-refractivity contribution in [1.29, 1.82) is 0 Å². The van der Waals surface area contributed by atoms with Crippen LogP contribution < -0.4 is 0 Å². The molecule has 1 aromatic heterocycles. The highest BCUT2D eigenvalue weighted by atomic mass is 19.4. The van der Waals surface area contributed by atoms with Crippen LogP contribution in [0, 0.1) is 0 Å². The summed E-state index contributed by atoms with van der Waals surface area (Å²) in [6, 6.07) is 13.6. The Morgan fingerprint density at radius 2 is 1.81 bits per heavy atom. The molecular weight excluding hydrogens is 357 g/mol. The summed E-state index contributed by atoms with van der Waals surface area (Å²) in [6.45, 7) is 0.433. The SMILES string of the molecule is O=C(c1ccno1)N1CCc2ccccc2C1c1ccc(C(F)(F)F)cc1. The zero-order chi connectivity index (χ0) is 19.0. The fourth-order valence-corrected chi connectivity index (χ4v) is 3.47. The first-order valence-electron chi connectivity index (χ1n) is 8.42. The molecule has 0 spiro atoms. The van der Waals surface area contributed by atoms with Gasteiger partial charge in [0.2, 0.25) is 5.76 Å². The summed E-state index contributed by atoms with van der Waals surface area (Å²) in [5.74, 6) is -0.238. The Balaban J connectivity index is 1.78. The Morgan fingerprint density at radius 1 is 1.07 bits per heavy atom. The highest BCUT2D eigenvalue weighted by Crippen LogP contribution is 2.37. The summed E-state index contributed by atoms with van der Waals surface area (Å²) in [6.07, 6.45) is -2.36. The van der Waals surface area contributed by atoms with Crippen molar-refractivity contribution in [3.05, 3.63) is 88.8 Å². The molecule has 2 heterocycles. The monoisotopic (exact) mass is 372 g/mol. The summed E-state index contributed by atoms with van der Waals surface area (Å²) in [5.41, 5.74) is 1.87. The molecule has 4 nitrogen and oxygen atoms in total. The fourth-order valence-electron chi connectivity index (χ4n) is 3.47. The smallest absolute Gasteiger partial charge is 0.351 e. The van der Waals surface area contributed by atoms with Gasteiger partial charge in [0, 0.05) is 12.6 Å². The molecule has 27 heavy (non-hydrogen) atoms. The van der Waals surface area contributed by atoms with E-state index < -0.39 is 17.8 Å². The van der Waals surface area contributed by atoms with Gasteiger partial charge in [-0.3, -0.25) is 4.79 Å². The van der Waals surface area contributed by atoms with Crippen molar-refractivity contribution in [3.8, 4) is 0 Å². The Kier molecular flexibility index (Phi) is 4.22. The molecule has 0 aliphatic carbocycles. The predicted octanol–water partition coefficient (Wildman–Crippen LogP) is 4.48. The van der Waals surface area contributed by atoms with Gasteiger partial charge >= 0.3 is 6.18 Å². The summed E-state index contributed by atoms with van der Waals surface area (Å²) < 4.78 is 43.7. The number of nitrogens with zero attached hydrogens (tertiary/aromatic N) is 2. The highest BCUT2D eigenvalue weighted by Gasteiger charge is 2.35. The van der Waals surface area contributed by atoms with Crippen LogP contribution in [-0.2, 0) is 12.6 Å². The van der Waals surface area contributed by atoms with Gasteiger partial charge in [0.1, 0.15) is 0 Å². The van der Waals surface area contributed by atoms with E-state index in [1.54, 1.807) is 4.90 Å². The quantitative estimate of drug-likeness (QED) is 0.666. The number of alkyl halides is 3. The maximum atomic E-state index is 12.9. The molecule has 1 unspecified atom stereocenters. The Bertz CT molecular complexity index is 950. The number of carbonyl (C=O) groups is 1. The van der Waals surface area contributed by atoms with Crippen LogP contribution in [-0.4, -0.2) is 22.5 Å². The predicted molar refractivity (Wildman–Crippen MR) is 91.0 cm³/mol. The first kappa shape index (κ1) is 17.3. The third-order valence-corrected chi connectivity index (χ3v) is 4.75. The van der Waals surface area contributed by atoms with E-state index in [4.69, 9.17) is 4.52 Å². The Labute approximate surface area is 153 Å². The van der Waals surface area contributed by atoms with Crippen LogP contribution in [0.1, 0.15) is 38.9 Å². The second-order valence-corrected chi connectivity index (χ2v) is 6.35. The van der Waals surface area contributed by atoms with Crippen LogP contribution in [0.4, 0.5) is 13.2 Å². The lowest BCUT2D eigenvalue weighted by Crippen LogP contribution is -2.40. The number of hydrogen-bond acceptors (Lipinski definition) is 3. The minimum atomic E-state index is -4.40. The van der Waals surface area contributed by atoms with E-state index in [9.17, 15) is 18.0 Å². The van der Waals surface area contributed by atoms with E-state index in [-0.39, 0.29) is 11.7 Å². The van der Waals surface area contributed by atoms with Gasteiger partial charge in [0.25, 0.3) is 5.91 Å². The van der Waals surface area contributed by atoms with Gasteiger partial charge in [0.15, 0.2) is 0 Å². The number of benzene rings is 2. The van der Waals surface area contributed by atoms with E-state index >= 15 is 0 Å². The maximum absolute atomic E-state index is 12.9. The van der Waals surface area contributed by atoms with Crippen LogP contribution >= 0.6 is 0 Å². The van der Waals surface area contributed by atoms with Crippen molar-refractivity contribution >= 4 is 5.91 Å². The molecule has 0 bridgehead atoms. The van der Waals surface area contributed by atoms with Gasteiger partial charge in [-0.25, -0.2) is 0 Å². The molecule has 1 amide bonds. The van der Waals surface area contributed by atoms with Crippen LogP contribution in [0.3, 0.4) is 0 Å². The topological polar surface area (TPSA) is 46.3 Å². The minimum absolute atomic E-state index is 0.103. The molecule has 138 valence electrons. The molecule has 0 N–H and O–H groups in total. The third-order valence-electron chi connectivity index (χ3n) is 4.75. The summed E-state index contributed by atoms with van der Waals surface area (Å²) >= 11 is 0. The lowest BCUT2D eigenvalue weighted by atomic mass is 9.87. The van der Waals surface area contributed by atoms with Crippen molar-refractivity contribution in [2.45, 2.75) is 18.6 Å². The van der Waals surface area contributed by atoms with Crippen LogP contribution in [0.25, 0.3) is 0 Å². The van der Waals surface area contributed by atoms with Crippen LogP contribution in [0.2, 0.25) is 0 Å². The van der Waals surface area contributed by atoms with Gasteiger partial charge < -0.3 is 9.42 Å². The van der Waals surface area contributed by atoms with Crippen LogP contribution in [0.5, 0.6) is 0 Å². The second kappa shape index (κ2) is 6.57. The normalized spacial score (nSPS) is 16.9. The van der Waals surface area contributed by atoms with E-state index in [1.165, 1.54) is 24.4 Å². The van der Waals surface area contributed by atoms with E-state index in [0.717, 1.165) is 23.3 Å². The van der Waals surface area contributed by atoms with E-state index in [2.05, 4.69) is 5.16 Å². The van der Waals surface area contributed by atoms with Gasteiger partial charge in [-0.2, -0.15) is 13.2 Å². The fraction of sp³-hybridized carbons (Fsp3) is 0.200. The number of halogens is 3. The molecule has 0 radical (unpaired) electrons. The van der Waals surface area contributed by atoms with E-state index in [1.807, 2.05) is 24.3 Å². The first-order chi connectivity index (χ1) is 12.9. The largest absolute Gasteiger partial charge is 0.416 e. The number of aromatic nitrogens is 1. The standard InChI is InChI=1S/C20H15F3N2O2/c21-20(22,23)15-7-5-14(6-8-15)18-16-4-2-1-3-13(16)10-12-25(18)19(26)17-9-11-24-27-17/h1-9,11,18H,10,12H2. The lowest BCUT2D eigenvalue weighted by molar-refractivity contribution is -0.137. The Morgan fingerprint density at radius 3 is 2.48 bits per heavy atom. The van der Waals surface area contributed by atoms with Crippen LogP contribution in [0.15, 0.2) is 65.3 Å². The average Bonchev–Trinajstić information content (AvgIpc) is 3.21. The second-order valence-electron chi connectivity index (χ2n) is 6.35. The van der Waals surface area contributed by atoms with Crippen molar-refractivity contribution < 1.29 is 22.5 Å². The van der Waals surface area contributed by atoms with Crippen molar-refractivity contribution in [1.82, 2.24) is 10.1 Å². The Hall–Kier alpha value is -3.09. The van der Waals surface area contributed by atoms with Crippen molar-refractivity contribution in [3.63, 3.8) is 0 Å². The van der Waals surface area contributed by atoms with Crippen molar-refractivity contribution in [2.24, 2.45) is 0 Å². The average molecular weight is 372 g/mol. The van der Waals surface area contributed by atoms with Gasteiger partial charge in [-0.15, -0.1) is 0 Å². The molecule has 0 saturated carbocycles. The zero-order valence-corrected chi connectivity index (χ0v) is 14.1. The van der Waals surface area contributed by atoms with Crippen molar-refractivity contribution in [2.75, 3.05) is 6.54 Å². The van der Waals surface area contributed by atoms with Gasteiger partial charge in [-0.1, -0.05) is 41.6 Å². The number of fused-ring (bicyclic) bond motifs is 1. The first-order valence-corrected chi connectivity index (χ1v) is 8.42. The summed E-state index contributed by atoms with van der Waals surface area (Å²) in [7, 11) is 0. The van der Waals surface area contributed by atoms with Gasteiger partial charge in [0.05, 0.1) is 17.8 Å². The number of amides is 1. The molecule has 1 aliphatic heterocycles. The molecule has 2 aromatic carbocycles. The molecule has 1 atom stereocenters. The molecule has 3 aromatic rings. The third kappa shape index (κ3) is 3.20. The molecule has 1 aliphatic rings.